The monoisotopic (exact) mass is 338 g/mol. The van der Waals surface area contributed by atoms with Gasteiger partial charge in [0.2, 0.25) is 0 Å². The van der Waals surface area contributed by atoms with Crippen LogP contribution < -0.4 is 4.74 Å². The molecule has 0 aromatic heterocycles. The van der Waals surface area contributed by atoms with Crippen LogP contribution in [0.5, 0.6) is 5.75 Å². The summed E-state index contributed by atoms with van der Waals surface area (Å²) in [5.74, 6) is -0.157. The summed E-state index contributed by atoms with van der Waals surface area (Å²) in [5, 5.41) is 1.22. The van der Waals surface area contributed by atoms with Crippen LogP contribution in [0.2, 0.25) is 0 Å². The topological polar surface area (TPSA) is 9.23 Å². The van der Waals surface area contributed by atoms with Gasteiger partial charge in [0.25, 0.3) is 0 Å². The van der Waals surface area contributed by atoms with Gasteiger partial charge in [-0.2, -0.15) is 0 Å². The first-order valence-electron chi connectivity index (χ1n) is 4.40. The fourth-order valence-corrected chi connectivity index (χ4v) is 2.26. The van der Waals surface area contributed by atoms with E-state index in [2.05, 4.69) is 4.74 Å². The van der Waals surface area contributed by atoms with E-state index in [1.807, 2.05) is 22.6 Å². The van der Waals surface area contributed by atoms with Crippen molar-refractivity contribution in [2.45, 2.75) is 6.36 Å². The smallest absolute Gasteiger partial charge is 0.405 e. The minimum Gasteiger partial charge on any atom is -0.405 e. The van der Waals surface area contributed by atoms with E-state index in [9.17, 15) is 13.2 Å². The van der Waals surface area contributed by atoms with Gasteiger partial charge in [-0.1, -0.05) is 24.3 Å². The van der Waals surface area contributed by atoms with Gasteiger partial charge in [0.15, 0.2) is 0 Å². The number of halogens is 4. The van der Waals surface area contributed by atoms with E-state index in [0.29, 0.717) is 5.39 Å². The highest BCUT2D eigenvalue weighted by atomic mass is 127. The lowest BCUT2D eigenvalue weighted by molar-refractivity contribution is -0.274. The number of ether oxygens (including phenoxy) is 1. The Morgan fingerprint density at radius 2 is 1.62 bits per heavy atom. The molecule has 0 saturated carbocycles. The minimum atomic E-state index is -4.66. The van der Waals surface area contributed by atoms with E-state index in [4.69, 9.17) is 0 Å². The molecule has 0 amide bonds. The van der Waals surface area contributed by atoms with E-state index in [0.717, 1.165) is 8.96 Å². The average molecular weight is 338 g/mol. The van der Waals surface area contributed by atoms with Gasteiger partial charge in [0.05, 0.1) is 0 Å². The third-order valence-corrected chi connectivity index (χ3v) is 2.94. The van der Waals surface area contributed by atoms with Gasteiger partial charge in [0, 0.05) is 8.96 Å². The third kappa shape index (κ3) is 2.40. The fraction of sp³-hybridized carbons (Fsp3) is 0.0909. The van der Waals surface area contributed by atoms with Crippen LogP contribution in [0.25, 0.3) is 10.8 Å². The van der Waals surface area contributed by atoms with Gasteiger partial charge in [-0.25, -0.2) is 0 Å². The van der Waals surface area contributed by atoms with Crippen LogP contribution in [0, 0.1) is 3.57 Å². The standard InChI is InChI=1S/C11H6F3IO/c12-11(13,14)16-9-6-2-4-7-3-1-5-8(15)10(7)9/h1-6H. The van der Waals surface area contributed by atoms with Crippen molar-refractivity contribution in [1.82, 2.24) is 0 Å². The second-order valence-electron chi connectivity index (χ2n) is 3.14. The molecule has 0 saturated heterocycles. The van der Waals surface area contributed by atoms with Crippen molar-refractivity contribution in [2.24, 2.45) is 0 Å². The van der Waals surface area contributed by atoms with E-state index in [1.165, 1.54) is 6.07 Å². The molecule has 16 heavy (non-hydrogen) atoms. The molecule has 5 heteroatoms. The van der Waals surface area contributed by atoms with Crippen LogP contribution in [0.4, 0.5) is 13.2 Å². The molecule has 0 heterocycles. The summed E-state index contributed by atoms with van der Waals surface area (Å²) in [6.07, 6.45) is -4.66. The first-order chi connectivity index (χ1) is 7.47. The second-order valence-corrected chi connectivity index (χ2v) is 4.30. The summed E-state index contributed by atoms with van der Waals surface area (Å²) in [6, 6.07) is 9.90. The normalized spacial score (nSPS) is 11.8. The maximum absolute atomic E-state index is 12.2. The molecule has 84 valence electrons. The van der Waals surface area contributed by atoms with E-state index < -0.39 is 6.36 Å². The summed E-state index contributed by atoms with van der Waals surface area (Å²) < 4.78 is 41.3. The van der Waals surface area contributed by atoms with Crippen LogP contribution in [-0.2, 0) is 0 Å². The van der Waals surface area contributed by atoms with Gasteiger partial charge in [-0.15, -0.1) is 13.2 Å². The molecule has 0 aliphatic heterocycles. The highest BCUT2D eigenvalue weighted by Crippen LogP contribution is 2.33. The zero-order valence-corrected chi connectivity index (χ0v) is 10.0. The molecule has 0 aliphatic carbocycles. The Balaban J connectivity index is 2.61. The van der Waals surface area contributed by atoms with Crippen LogP contribution in [-0.4, -0.2) is 6.36 Å². The first-order valence-corrected chi connectivity index (χ1v) is 5.48. The Labute approximate surface area is 103 Å². The van der Waals surface area contributed by atoms with Crippen molar-refractivity contribution < 1.29 is 17.9 Å². The molecular weight excluding hydrogens is 332 g/mol. The number of fused-ring (bicyclic) bond motifs is 1. The van der Waals surface area contributed by atoms with Crippen molar-refractivity contribution in [3.05, 3.63) is 40.0 Å². The summed E-state index contributed by atoms with van der Waals surface area (Å²) in [5.41, 5.74) is 0. The van der Waals surface area contributed by atoms with Crippen molar-refractivity contribution in [2.75, 3.05) is 0 Å². The van der Waals surface area contributed by atoms with Crippen LogP contribution >= 0.6 is 22.6 Å². The zero-order chi connectivity index (χ0) is 11.8. The molecule has 2 aromatic rings. The van der Waals surface area contributed by atoms with Gasteiger partial charge in [-0.05, 0) is 40.1 Å². The first kappa shape index (κ1) is 11.5. The number of alkyl halides is 3. The lowest BCUT2D eigenvalue weighted by Gasteiger charge is -2.12. The van der Waals surface area contributed by atoms with Crippen LogP contribution in [0.3, 0.4) is 0 Å². The Morgan fingerprint density at radius 3 is 2.25 bits per heavy atom. The molecule has 0 fully saturated rings. The van der Waals surface area contributed by atoms with Crippen LogP contribution in [0.15, 0.2) is 36.4 Å². The second kappa shape index (κ2) is 4.12. The lowest BCUT2D eigenvalue weighted by atomic mass is 10.1. The minimum absolute atomic E-state index is 0.157. The molecule has 1 nitrogen and oxygen atoms in total. The third-order valence-electron chi connectivity index (χ3n) is 2.04. The quantitative estimate of drug-likeness (QED) is 0.703. The molecule has 0 N–H and O–H groups in total. The van der Waals surface area contributed by atoms with Gasteiger partial charge in [-0.3, -0.25) is 0 Å². The SMILES string of the molecule is FC(F)(F)Oc1cccc2cccc(I)c12. The Hall–Kier alpha value is -0.980. The molecule has 0 unspecified atom stereocenters. The van der Waals surface area contributed by atoms with Crippen molar-refractivity contribution in [1.29, 1.82) is 0 Å². The number of hydrogen-bond acceptors (Lipinski definition) is 1. The summed E-state index contributed by atoms with van der Waals surface area (Å²) >= 11 is 1.99. The molecule has 0 bridgehead atoms. The summed E-state index contributed by atoms with van der Waals surface area (Å²) in [6.45, 7) is 0. The Kier molecular flexibility index (Phi) is 2.96. The van der Waals surface area contributed by atoms with Crippen molar-refractivity contribution in [3.63, 3.8) is 0 Å². The molecule has 2 rings (SSSR count). The van der Waals surface area contributed by atoms with E-state index in [-0.39, 0.29) is 5.75 Å². The molecule has 0 atom stereocenters. The Bertz CT molecular complexity index is 517. The molecule has 0 radical (unpaired) electrons. The van der Waals surface area contributed by atoms with Gasteiger partial charge in [0.1, 0.15) is 5.75 Å². The summed E-state index contributed by atoms with van der Waals surface area (Å²) in [7, 11) is 0. The molecular formula is C11H6F3IO. The number of hydrogen-bond donors (Lipinski definition) is 0. The molecule has 2 aromatic carbocycles. The van der Waals surface area contributed by atoms with Crippen molar-refractivity contribution >= 4 is 33.4 Å². The highest BCUT2D eigenvalue weighted by molar-refractivity contribution is 14.1. The predicted octanol–water partition coefficient (Wildman–Crippen LogP) is 4.34. The predicted molar refractivity (Wildman–Crippen MR) is 63.3 cm³/mol. The van der Waals surface area contributed by atoms with Gasteiger partial charge >= 0.3 is 6.36 Å². The molecule has 0 spiro atoms. The molecule has 0 aliphatic rings. The van der Waals surface area contributed by atoms with Gasteiger partial charge < -0.3 is 4.74 Å². The zero-order valence-electron chi connectivity index (χ0n) is 7.88. The number of benzene rings is 2. The number of rotatable bonds is 1. The van der Waals surface area contributed by atoms with Crippen molar-refractivity contribution in [3.8, 4) is 5.75 Å². The van der Waals surface area contributed by atoms with E-state index in [1.54, 1.807) is 30.3 Å². The van der Waals surface area contributed by atoms with Crippen LogP contribution in [0.1, 0.15) is 0 Å². The lowest BCUT2D eigenvalue weighted by Crippen LogP contribution is -2.17. The summed E-state index contributed by atoms with van der Waals surface area (Å²) in [4.78, 5) is 0. The largest absolute Gasteiger partial charge is 0.573 e. The maximum atomic E-state index is 12.2. The Morgan fingerprint density at radius 1 is 1.00 bits per heavy atom. The average Bonchev–Trinajstić information content (AvgIpc) is 2.15. The van der Waals surface area contributed by atoms with E-state index >= 15 is 0 Å². The maximum Gasteiger partial charge on any atom is 0.573 e. The highest BCUT2D eigenvalue weighted by Gasteiger charge is 2.31. The fourth-order valence-electron chi connectivity index (χ4n) is 1.47.